The minimum absolute atomic E-state index is 0.159. The highest BCUT2D eigenvalue weighted by Gasteiger charge is 2.10. The average molecular weight is 329 g/mol. The molecule has 0 fully saturated rings. The van der Waals surface area contributed by atoms with Gasteiger partial charge in [-0.25, -0.2) is 0 Å². The highest BCUT2D eigenvalue weighted by molar-refractivity contribution is 9.10. The Morgan fingerprint density at radius 1 is 1.25 bits per heavy atom. The summed E-state index contributed by atoms with van der Waals surface area (Å²) in [4.78, 5) is 12.2. The van der Waals surface area contributed by atoms with Crippen LogP contribution in [0.1, 0.15) is 21.5 Å². The van der Waals surface area contributed by atoms with Gasteiger partial charge in [0.15, 0.2) is 0 Å². The lowest BCUT2D eigenvalue weighted by Crippen LogP contribution is -2.12. The predicted octanol–water partition coefficient (Wildman–Crippen LogP) is 4.08. The van der Waals surface area contributed by atoms with Gasteiger partial charge in [0.1, 0.15) is 0 Å². The highest BCUT2D eigenvalue weighted by Crippen LogP contribution is 2.20. The van der Waals surface area contributed by atoms with E-state index in [1.54, 1.807) is 12.1 Å². The summed E-state index contributed by atoms with van der Waals surface area (Å²) in [6, 6.07) is 15.0. The first-order chi connectivity index (χ1) is 9.60. The van der Waals surface area contributed by atoms with E-state index in [1.165, 1.54) is 0 Å². The molecule has 2 aromatic carbocycles. The third kappa shape index (κ3) is 3.46. The van der Waals surface area contributed by atoms with Crippen LogP contribution in [0.3, 0.4) is 0 Å². The fourth-order valence-corrected chi connectivity index (χ4v) is 2.24. The van der Waals surface area contributed by atoms with Gasteiger partial charge < -0.3 is 5.32 Å². The monoisotopic (exact) mass is 328 g/mol. The molecule has 4 heteroatoms. The number of amides is 1. The number of nitriles is 1. The number of nitrogens with one attached hydrogen (secondary N) is 1. The molecule has 0 radical (unpaired) electrons. The van der Waals surface area contributed by atoms with Gasteiger partial charge in [-0.2, -0.15) is 5.26 Å². The van der Waals surface area contributed by atoms with Gasteiger partial charge in [-0.3, -0.25) is 4.79 Å². The lowest BCUT2D eigenvalue weighted by Gasteiger charge is -2.08. The van der Waals surface area contributed by atoms with Crippen molar-refractivity contribution in [3.05, 3.63) is 63.6 Å². The van der Waals surface area contributed by atoms with Crippen molar-refractivity contribution in [1.29, 1.82) is 5.26 Å². The van der Waals surface area contributed by atoms with E-state index in [4.69, 9.17) is 5.26 Å². The Hall–Kier alpha value is -2.12. The summed E-state index contributed by atoms with van der Waals surface area (Å²) >= 11 is 3.38. The maximum absolute atomic E-state index is 12.2. The Kier molecular flexibility index (Phi) is 4.54. The van der Waals surface area contributed by atoms with E-state index in [2.05, 4.69) is 27.3 Å². The standard InChI is InChI=1S/C16H13BrN2O/c1-11-2-7-15(17)14(10-11)16(20)19-13-5-3-12(4-6-13)8-9-18/h2-7,10H,8H2,1H3,(H,19,20). The van der Waals surface area contributed by atoms with Crippen molar-refractivity contribution < 1.29 is 4.79 Å². The molecule has 0 aliphatic carbocycles. The van der Waals surface area contributed by atoms with Crippen LogP contribution in [-0.2, 0) is 6.42 Å². The first kappa shape index (κ1) is 14.3. The Morgan fingerprint density at radius 3 is 2.60 bits per heavy atom. The zero-order valence-corrected chi connectivity index (χ0v) is 12.6. The molecular weight excluding hydrogens is 316 g/mol. The number of rotatable bonds is 3. The van der Waals surface area contributed by atoms with Crippen molar-refractivity contribution in [3.8, 4) is 6.07 Å². The summed E-state index contributed by atoms with van der Waals surface area (Å²) < 4.78 is 0.765. The molecule has 1 N–H and O–H groups in total. The van der Waals surface area contributed by atoms with Gasteiger partial charge in [-0.1, -0.05) is 23.8 Å². The zero-order valence-electron chi connectivity index (χ0n) is 11.0. The van der Waals surface area contributed by atoms with Crippen LogP contribution in [0.5, 0.6) is 0 Å². The van der Waals surface area contributed by atoms with Crippen molar-refractivity contribution in [2.24, 2.45) is 0 Å². The van der Waals surface area contributed by atoms with Gasteiger partial charge >= 0.3 is 0 Å². The molecule has 100 valence electrons. The smallest absolute Gasteiger partial charge is 0.256 e. The van der Waals surface area contributed by atoms with Gasteiger partial charge in [0.25, 0.3) is 5.91 Å². The first-order valence-electron chi connectivity index (χ1n) is 6.13. The van der Waals surface area contributed by atoms with E-state index < -0.39 is 0 Å². The molecule has 0 aliphatic rings. The second-order valence-corrected chi connectivity index (χ2v) is 5.32. The number of hydrogen-bond donors (Lipinski definition) is 1. The predicted molar refractivity (Wildman–Crippen MR) is 82.6 cm³/mol. The summed E-state index contributed by atoms with van der Waals surface area (Å²) in [5, 5.41) is 11.5. The van der Waals surface area contributed by atoms with Crippen LogP contribution < -0.4 is 5.32 Å². The van der Waals surface area contributed by atoms with Crippen LogP contribution in [0, 0.1) is 18.3 Å². The SMILES string of the molecule is Cc1ccc(Br)c(C(=O)Nc2ccc(CC#N)cc2)c1. The van der Waals surface area contributed by atoms with E-state index in [1.807, 2.05) is 37.3 Å². The van der Waals surface area contributed by atoms with E-state index in [0.717, 1.165) is 15.6 Å². The van der Waals surface area contributed by atoms with E-state index in [-0.39, 0.29) is 5.91 Å². The van der Waals surface area contributed by atoms with Crippen LogP contribution in [0.2, 0.25) is 0 Å². The largest absolute Gasteiger partial charge is 0.322 e. The number of hydrogen-bond acceptors (Lipinski definition) is 2. The minimum atomic E-state index is -0.159. The lowest BCUT2D eigenvalue weighted by atomic mass is 10.1. The number of benzene rings is 2. The number of aryl methyl sites for hydroxylation is 1. The number of carbonyl (C=O) groups excluding carboxylic acids is 1. The summed E-state index contributed by atoms with van der Waals surface area (Å²) in [7, 11) is 0. The Bertz CT molecular complexity index is 672. The third-order valence-electron chi connectivity index (χ3n) is 2.86. The molecule has 1 amide bonds. The van der Waals surface area contributed by atoms with Crippen molar-refractivity contribution in [1.82, 2.24) is 0 Å². The molecular formula is C16H13BrN2O. The van der Waals surface area contributed by atoms with E-state index in [9.17, 15) is 4.79 Å². The molecule has 0 aromatic heterocycles. The average Bonchev–Trinajstić information content (AvgIpc) is 2.44. The highest BCUT2D eigenvalue weighted by atomic mass is 79.9. The molecule has 0 saturated heterocycles. The minimum Gasteiger partial charge on any atom is -0.322 e. The molecule has 3 nitrogen and oxygen atoms in total. The molecule has 0 atom stereocenters. The summed E-state index contributed by atoms with van der Waals surface area (Å²) in [5.74, 6) is -0.159. The van der Waals surface area contributed by atoms with Crippen molar-refractivity contribution in [2.75, 3.05) is 5.32 Å². The van der Waals surface area contributed by atoms with Crippen molar-refractivity contribution in [2.45, 2.75) is 13.3 Å². The van der Waals surface area contributed by atoms with Gasteiger partial charge in [-0.15, -0.1) is 0 Å². The van der Waals surface area contributed by atoms with Gasteiger partial charge in [-0.05, 0) is 52.7 Å². The van der Waals surface area contributed by atoms with Crippen LogP contribution in [0.4, 0.5) is 5.69 Å². The topological polar surface area (TPSA) is 52.9 Å². The van der Waals surface area contributed by atoms with Gasteiger partial charge in [0.05, 0.1) is 18.1 Å². The molecule has 20 heavy (non-hydrogen) atoms. The summed E-state index contributed by atoms with van der Waals surface area (Å²) in [5.41, 5.74) is 3.28. The summed E-state index contributed by atoms with van der Waals surface area (Å²) in [6.45, 7) is 1.94. The van der Waals surface area contributed by atoms with Crippen molar-refractivity contribution in [3.63, 3.8) is 0 Å². The van der Waals surface area contributed by atoms with Crippen LogP contribution >= 0.6 is 15.9 Å². The fraction of sp³-hybridized carbons (Fsp3) is 0.125. The molecule has 0 unspecified atom stereocenters. The Labute approximate surface area is 126 Å². The van der Waals surface area contributed by atoms with Crippen LogP contribution in [0.15, 0.2) is 46.9 Å². The zero-order chi connectivity index (χ0) is 14.5. The van der Waals surface area contributed by atoms with Crippen LogP contribution in [0.25, 0.3) is 0 Å². The number of carbonyl (C=O) groups is 1. The number of anilines is 1. The third-order valence-corrected chi connectivity index (χ3v) is 3.55. The fourth-order valence-electron chi connectivity index (χ4n) is 1.81. The maximum atomic E-state index is 12.2. The molecule has 0 saturated carbocycles. The van der Waals surface area contributed by atoms with Crippen molar-refractivity contribution >= 4 is 27.5 Å². The second kappa shape index (κ2) is 6.36. The first-order valence-corrected chi connectivity index (χ1v) is 6.93. The van der Waals surface area contributed by atoms with Gasteiger partial charge in [0.2, 0.25) is 0 Å². The molecule has 0 aliphatic heterocycles. The molecule has 0 heterocycles. The quantitative estimate of drug-likeness (QED) is 0.923. The maximum Gasteiger partial charge on any atom is 0.256 e. The second-order valence-electron chi connectivity index (χ2n) is 4.47. The number of halogens is 1. The van der Waals surface area contributed by atoms with Crippen LogP contribution in [-0.4, -0.2) is 5.91 Å². The van der Waals surface area contributed by atoms with E-state index in [0.29, 0.717) is 17.7 Å². The Balaban J connectivity index is 2.15. The van der Waals surface area contributed by atoms with Gasteiger partial charge in [0, 0.05) is 10.2 Å². The normalized spacial score (nSPS) is 9.85. The molecule has 0 bridgehead atoms. The number of nitrogens with zero attached hydrogens (tertiary/aromatic N) is 1. The molecule has 2 rings (SSSR count). The molecule has 0 spiro atoms. The molecule has 2 aromatic rings. The summed E-state index contributed by atoms with van der Waals surface area (Å²) in [6.07, 6.45) is 0.373. The Morgan fingerprint density at radius 2 is 1.95 bits per heavy atom. The van der Waals surface area contributed by atoms with E-state index >= 15 is 0 Å². The lowest BCUT2D eigenvalue weighted by molar-refractivity contribution is 0.102.